The van der Waals surface area contributed by atoms with E-state index in [9.17, 15) is 4.39 Å². The van der Waals surface area contributed by atoms with Crippen molar-refractivity contribution in [3.63, 3.8) is 0 Å². The third-order valence-corrected chi connectivity index (χ3v) is 4.51. The van der Waals surface area contributed by atoms with Crippen LogP contribution in [0.15, 0.2) is 18.2 Å². The first-order valence-corrected chi connectivity index (χ1v) is 7.25. The summed E-state index contributed by atoms with van der Waals surface area (Å²) in [5, 5.41) is 3.44. The molecule has 0 spiro atoms. The lowest BCUT2D eigenvalue weighted by molar-refractivity contribution is 0.253. The van der Waals surface area contributed by atoms with Crippen molar-refractivity contribution >= 4 is 22.9 Å². The largest absolute Gasteiger partial charge is 0.389 e. The summed E-state index contributed by atoms with van der Waals surface area (Å²) in [7, 11) is 0. The molecule has 0 aliphatic heterocycles. The zero-order chi connectivity index (χ0) is 14.0. The van der Waals surface area contributed by atoms with Gasteiger partial charge < -0.3 is 11.1 Å². The Bertz CT molecular complexity index is 475. The molecule has 2 nitrogen and oxygen atoms in total. The van der Waals surface area contributed by atoms with Gasteiger partial charge in [0.15, 0.2) is 0 Å². The van der Waals surface area contributed by atoms with Gasteiger partial charge in [0.05, 0.1) is 0 Å². The minimum Gasteiger partial charge on any atom is -0.389 e. The van der Waals surface area contributed by atoms with E-state index < -0.39 is 0 Å². The Hall–Kier alpha value is -1.16. The molecule has 1 saturated carbocycles. The van der Waals surface area contributed by atoms with Crippen molar-refractivity contribution in [1.82, 2.24) is 0 Å². The van der Waals surface area contributed by atoms with Crippen molar-refractivity contribution in [2.24, 2.45) is 17.6 Å². The van der Waals surface area contributed by atoms with Crippen LogP contribution in [0.25, 0.3) is 0 Å². The van der Waals surface area contributed by atoms with Gasteiger partial charge >= 0.3 is 0 Å². The molecule has 19 heavy (non-hydrogen) atoms. The Labute approximate surface area is 119 Å². The molecule has 2 rings (SSSR count). The first-order chi connectivity index (χ1) is 8.99. The number of nitrogens with one attached hydrogen (secondary N) is 1. The van der Waals surface area contributed by atoms with Crippen LogP contribution in [0.5, 0.6) is 0 Å². The fourth-order valence-corrected chi connectivity index (χ4v) is 2.97. The third-order valence-electron chi connectivity index (χ3n) is 4.29. The number of halogens is 1. The van der Waals surface area contributed by atoms with Crippen LogP contribution in [-0.4, -0.2) is 11.0 Å². The molecule has 0 radical (unpaired) electrons. The maximum atomic E-state index is 13.8. The number of rotatable bonds is 3. The molecule has 1 aliphatic rings. The van der Waals surface area contributed by atoms with E-state index in [0.717, 1.165) is 12.1 Å². The van der Waals surface area contributed by atoms with E-state index in [-0.39, 0.29) is 10.8 Å². The highest BCUT2D eigenvalue weighted by Crippen LogP contribution is 2.31. The molecule has 3 N–H and O–H groups in total. The van der Waals surface area contributed by atoms with Gasteiger partial charge in [-0.2, -0.15) is 0 Å². The number of hydrogen-bond donors (Lipinski definition) is 2. The van der Waals surface area contributed by atoms with Gasteiger partial charge in [0.1, 0.15) is 10.8 Å². The Morgan fingerprint density at radius 3 is 2.74 bits per heavy atom. The maximum Gasteiger partial charge on any atom is 0.135 e. The van der Waals surface area contributed by atoms with E-state index >= 15 is 0 Å². The Morgan fingerprint density at radius 1 is 1.37 bits per heavy atom. The summed E-state index contributed by atoms with van der Waals surface area (Å²) < 4.78 is 13.8. The monoisotopic (exact) mass is 280 g/mol. The van der Waals surface area contributed by atoms with E-state index in [1.807, 2.05) is 6.07 Å². The molecule has 3 unspecified atom stereocenters. The quantitative estimate of drug-likeness (QED) is 0.829. The van der Waals surface area contributed by atoms with Crippen LogP contribution in [0.4, 0.5) is 10.1 Å². The third kappa shape index (κ3) is 3.24. The zero-order valence-corrected chi connectivity index (χ0v) is 12.3. The van der Waals surface area contributed by atoms with Crippen molar-refractivity contribution in [2.45, 2.75) is 39.2 Å². The molecule has 0 aromatic heterocycles. The van der Waals surface area contributed by atoms with Crippen molar-refractivity contribution < 1.29 is 4.39 Å². The summed E-state index contributed by atoms with van der Waals surface area (Å²) in [6.07, 6.45) is 3.66. The number of thiocarbonyl (C=S) groups is 1. The summed E-state index contributed by atoms with van der Waals surface area (Å²) in [6.45, 7) is 4.55. The Kier molecular flexibility index (Phi) is 4.40. The molecule has 1 aliphatic carbocycles. The van der Waals surface area contributed by atoms with Crippen molar-refractivity contribution in [3.05, 3.63) is 29.6 Å². The van der Waals surface area contributed by atoms with Crippen LogP contribution >= 0.6 is 12.2 Å². The van der Waals surface area contributed by atoms with E-state index in [1.165, 1.54) is 18.9 Å². The van der Waals surface area contributed by atoms with E-state index in [2.05, 4.69) is 19.2 Å². The minimum atomic E-state index is -0.353. The predicted molar refractivity (Wildman–Crippen MR) is 81.9 cm³/mol. The highest BCUT2D eigenvalue weighted by Gasteiger charge is 2.26. The topological polar surface area (TPSA) is 38.0 Å². The fourth-order valence-electron chi connectivity index (χ4n) is 2.80. The first-order valence-electron chi connectivity index (χ1n) is 6.85. The van der Waals surface area contributed by atoms with Gasteiger partial charge in [0.25, 0.3) is 0 Å². The SMILES string of the molecule is CC1CCCC(Nc2ccc(C(N)=S)c(F)c2)C1C. The molecule has 4 heteroatoms. The van der Waals surface area contributed by atoms with Gasteiger partial charge in [0, 0.05) is 17.3 Å². The average molecular weight is 280 g/mol. The summed E-state index contributed by atoms with van der Waals surface area (Å²) in [5.74, 6) is 0.966. The normalized spacial score (nSPS) is 27.0. The number of benzene rings is 1. The zero-order valence-electron chi connectivity index (χ0n) is 11.4. The second-order valence-corrected chi connectivity index (χ2v) is 6.02. The van der Waals surface area contributed by atoms with E-state index in [0.29, 0.717) is 23.4 Å². The maximum absolute atomic E-state index is 13.8. The van der Waals surface area contributed by atoms with Gasteiger partial charge in [-0.25, -0.2) is 4.39 Å². The van der Waals surface area contributed by atoms with Crippen LogP contribution in [0.2, 0.25) is 0 Å². The van der Waals surface area contributed by atoms with E-state index in [1.54, 1.807) is 6.07 Å². The highest BCUT2D eigenvalue weighted by molar-refractivity contribution is 7.80. The van der Waals surface area contributed by atoms with Gasteiger partial charge in [0.2, 0.25) is 0 Å². The van der Waals surface area contributed by atoms with E-state index in [4.69, 9.17) is 18.0 Å². The lowest BCUT2D eigenvalue weighted by Crippen LogP contribution is -2.35. The summed E-state index contributed by atoms with van der Waals surface area (Å²) in [5.41, 5.74) is 6.58. The van der Waals surface area contributed by atoms with Gasteiger partial charge in [-0.15, -0.1) is 0 Å². The fraction of sp³-hybridized carbons (Fsp3) is 0.533. The molecule has 104 valence electrons. The second-order valence-electron chi connectivity index (χ2n) is 5.58. The second kappa shape index (κ2) is 5.87. The molecule has 1 aromatic rings. The van der Waals surface area contributed by atoms with Crippen LogP contribution in [0.1, 0.15) is 38.7 Å². The predicted octanol–water partition coefficient (Wildman–Crippen LogP) is 3.70. The average Bonchev–Trinajstić information content (AvgIpc) is 2.34. The molecular formula is C15H21FN2S. The number of nitrogens with two attached hydrogens (primary N) is 1. The molecular weight excluding hydrogens is 259 g/mol. The smallest absolute Gasteiger partial charge is 0.135 e. The molecule has 0 heterocycles. The van der Waals surface area contributed by atoms with Crippen LogP contribution in [-0.2, 0) is 0 Å². The summed E-state index contributed by atoms with van der Waals surface area (Å²) in [6, 6.07) is 5.40. The number of anilines is 1. The number of hydrogen-bond acceptors (Lipinski definition) is 2. The highest BCUT2D eigenvalue weighted by atomic mass is 32.1. The van der Waals surface area contributed by atoms with Gasteiger partial charge in [-0.3, -0.25) is 0 Å². The molecule has 3 atom stereocenters. The molecule has 0 saturated heterocycles. The first kappa shape index (κ1) is 14.3. The Morgan fingerprint density at radius 2 is 2.11 bits per heavy atom. The van der Waals surface area contributed by atoms with Crippen LogP contribution in [0.3, 0.4) is 0 Å². The summed E-state index contributed by atoms with van der Waals surface area (Å²) in [4.78, 5) is 0.101. The molecule has 0 amide bonds. The van der Waals surface area contributed by atoms with Crippen molar-refractivity contribution in [3.8, 4) is 0 Å². The molecule has 0 bridgehead atoms. The van der Waals surface area contributed by atoms with Crippen molar-refractivity contribution in [1.29, 1.82) is 0 Å². The van der Waals surface area contributed by atoms with Crippen molar-refractivity contribution in [2.75, 3.05) is 5.32 Å². The summed E-state index contributed by atoms with van der Waals surface area (Å²) >= 11 is 4.81. The lowest BCUT2D eigenvalue weighted by atomic mass is 9.78. The molecule has 1 aromatic carbocycles. The van der Waals surface area contributed by atoms with Crippen LogP contribution < -0.4 is 11.1 Å². The van der Waals surface area contributed by atoms with Crippen LogP contribution in [0, 0.1) is 17.7 Å². The standard InChI is InChI=1S/C15H21FN2S/c1-9-4-3-5-14(10(9)2)18-11-6-7-12(15(17)19)13(16)8-11/h6-10,14,18H,3-5H2,1-2H3,(H2,17,19). The lowest BCUT2D eigenvalue weighted by Gasteiger charge is -2.35. The van der Waals surface area contributed by atoms with Gasteiger partial charge in [-0.1, -0.05) is 38.9 Å². The Balaban J connectivity index is 2.11. The van der Waals surface area contributed by atoms with Gasteiger partial charge in [-0.05, 0) is 36.5 Å². The molecule has 1 fully saturated rings. The minimum absolute atomic E-state index is 0.101.